The number of nitrogens with zero attached hydrogens (tertiary/aromatic N) is 2. The molecule has 130 valence electrons. The van der Waals surface area contributed by atoms with Crippen molar-refractivity contribution in [2.45, 2.75) is 64.1 Å². The monoisotopic (exact) mass is 318 g/mol. The van der Waals surface area contributed by atoms with Crippen LogP contribution in [0.25, 0.3) is 0 Å². The molecule has 0 aromatic heterocycles. The van der Waals surface area contributed by atoms with Gasteiger partial charge in [-0.15, -0.1) is 5.92 Å². The molecule has 0 aromatic rings. The number of ether oxygens (including phenoxy) is 1. The highest BCUT2D eigenvalue weighted by Gasteiger charge is 2.32. The van der Waals surface area contributed by atoms with E-state index < -0.39 is 0 Å². The Morgan fingerprint density at radius 3 is 2.30 bits per heavy atom. The first-order valence-electron chi connectivity index (χ1n) is 9.77. The molecule has 3 heteroatoms. The maximum Gasteiger partial charge on any atom is 0.0603 e. The van der Waals surface area contributed by atoms with E-state index in [0.29, 0.717) is 18.1 Å². The molecule has 23 heavy (non-hydrogen) atoms. The first-order valence-corrected chi connectivity index (χ1v) is 9.77. The minimum atomic E-state index is 0.497. The van der Waals surface area contributed by atoms with E-state index in [1.165, 1.54) is 71.2 Å². The van der Waals surface area contributed by atoms with Gasteiger partial charge in [-0.2, -0.15) is 0 Å². The molecule has 3 rings (SSSR count). The molecule has 3 fully saturated rings. The third kappa shape index (κ3) is 5.21. The number of likely N-dealkylation sites (tertiary alicyclic amines) is 2. The van der Waals surface area contributed by atoms with Crippen molar-refractivity contribution in [2.75, 3.05) is 39.8 Å². The molecule has 0 radical (unpaired) electrons. The predicted molar refractivity (Wildman–Crippen MR) is 95.3 cm³/mol. The van der Waals surface area contributed by atoms with Gasteiger partial charge in [-0.05, 0) is 64.6 Å². The van der Waals surface area contributed by atoms with Crippen LogP contribution in [0.1, 0.15) is 51.9 Å². The van der Waals surface area contributed by atoms with Gasteiger partial charge in [0.25, 0.3) is 0 Å². The van der Waals surface area contributed by atoms with Crippen molar-refractivity contribution >= 4 is 0 Å². The van der Waals surface area contributed by atoms with Crippen molar-refractivity contribution in [3.05, 3.63) is 0 Å². The van der Waals surface area contributed by atoms with Gasteiger partial charge in [-0.1, -0.05) is 12.8 Å². The van der Waals surface area contributed by atoms with Gasteiger partial charge in [0.1, 0.15) is 0 Å². The summed E-state index contributed by atoms with van der Waals surface area (Å²) in [5.41, 5.74) is 0. The summed E-state index contributed by atoms with van der Waals surface area (Å²) in [6.07, 6.45) is 9.56. The second-order valence-electron chi connectivity index (χ2n) is 7.85. The predicted octanol–water partition coefficient (Wildman–Crippen LogP) is 3.00. The molecular weight excluding hydrogens is 284 g/mol. The lowest BCUT2D eigenvalue weighted by Crippen LogP contribution is -2.44. The fourth-order valence-electron chi connectivity index (χ4n) is 4.15. The van der Waals surface area contributed by atoms with Crippen molar-refractivity contribution in [1.29, 1.82) is 0 Å². The van der Waals surface area contributed by atoms with E-state index in [1.54, 1.807) is 0 Å². The number of rotatable bonds is 4. The van der Waals surface area contributed by atoms with Crippen LogP contribution >= 0.6 is 0 Å². The molecule has 1 aliphatic carbocycles. The highest BCUT2D eigenvalue weighted by molar-refractivity contribution is 5.08. The van der Waals surface area contributed by atoms with E-state index in [1.807, 2.05) is 0 Å². The van der Waals surface area contributed by atoms with Crippen LogP contribution in [0.15, 0.2) is 0 Å². The summed E-state index contributed by atoms with van der Waals surface area (Å²) >= 11 is 0. The first kappa shape index (κ1) is 17.3. The first-order chi connectivity index (χ1) is 11.2. The molecule has 0 spiro atoms. The van der Waals surface area contributed by atoms with Gasteiger partial charge in [0, 0.05) is 32.0 Å². The van der Waals surface area contributed by atoms with Crippen molar-refractivity contribution in [1.82, 2.24) is 9.80 Å². The van der Waals surface area contributed by atoms with Crippen LogP contribution in [0.3, 0.4) is 0 Å². The zero-order valence-corrected chi connectivity index (χ0v) is 15.1. The van der Waals surface area contributed by atoms with Crippen LogP contribution in [-0.2, 0) is 4.74 Å². The summed E-state index contributed by atoms with van der Waals surface area (Å²) in [5.74, 6) is 8.10. The molecule has 0 bridgehead atoms. The molecule has 0 N–H and O–H groups in total. The van der Waals surface area contributed by atoms with Crippen LogP contribution in [0, 0.1) is 23.7 Å². The summed E-state index contributed by atoms with van der Waals surface area (Å²) < 4.78 is 6.29. The third-order valence-electron chi connectivity index (χ3n) is 5.85. The van der Waals surface area contributed by atoms with Gasteiger partial charge < -0.3 is 14.5 Å². The lowest BCUT2D eigenvalue weighted by molar-refractivity contribution is -0.0858. The SMILES string of the molecule is CCC#C[C@H]1C[C@H](OC2CCN(CC3CCN(C)CC3)CC2)C1. The minimum Gasteiger partial charge on any atom is -0.375 e. The number of piperidine rings is 2. The van der Waals surface area contributed by atoms with Crippen molar-refractivity contribution < 1.29 is 4.74 Å². The third-order valence-corrected chi connectivity index (χ3v) is 5.85. The van der Waals surface area contributed by atoms with Crippen LogP contribution in [-0.4, -0.2) is 61.8 Å². The topological polar surface area (TPSA) is 15.7 Å². The molecule has 3 nitrogen and oxygen atoms in total. The van der Waals surface area contributed by atoms with E-state index in [2.05, 4.69) is 35.6 Å². The van der Waals surface area contributed by atoms with Gasteiger partial charge in [-0.3, -0.25) is 0 Å². The maximum atomic E-state index is 6.29. The summed E-state index contributed by atoms with van der Waals surface area (Å²) in [7, 11) is 2.25. The Morgan fingerprint density at radius 1 is 0.957 bits per heavy atom. The fraction of sp³-hybridized carbons (Fsp3) is 0.900. The summed E-state index contributed by atoms with van der Waals surface area (Å²) in [6.45, 7) is 8.49. The van der Waals surface area contributed by atoms with E-state index >= 15 is 0 Å². The number of hydrogen-bond acceptors (Lipinski definition) is 3. The molecule has 0 aromatic carbocycles. The fourth-order valence-corrected chi connectivity index (χ4v) is 4.15. The Bertz CT molecular complexity index is 405. The lowest BCUT2D eigenvalue weighted by atomic mass is 9.82. The van der Waals surface area contributed by atoms with Gasteiger partial charge in [0.2, 0.25) is 0 Å². The number of hydrogen-bond donors (Lipinski definition) is 0. The molecule has 2 aliphatic heterocycles. The summed E-state index contributed by atoms with van der Waals surface area (Å²) in [5, 5.41) is 0. The zero-order valence-electron chi connectivity index (χ0n) is 15.1. The Labute approximate surface area is 142 Å². The Hall–Kier alpha value is -0.560. The van der Waals surface area contributed by atoms with Gasteiger partial charge in [0.15, 0.2) is 0 Å². The molecule has 2 saturated heterocycles. The smallest absolute Gasteiger partial charge is 0.0603 e. The Morgan fingerprint density at radius 2 is 1.65 bits per heavy atom. The average molecular weight is 319 g/mol. The van der Waals surface area contributed by atoms with Crippen LogP contribution in [0.5, 0.6) is 0 Å². The molecular formula is C20H34N2O. The Balaban J connectivity index is 1.29. The maximum absolute atomic E-state index is 6.29. The molecule has 0 atom stereocenters. The van der Waals surface area contributed by atoms with Crippen molar-refractivity contribution in [3.63, 3.8) is 0 Å². The second-order valence-corrected chi connectivity index (χ2v) is 7.85. The van der Waals surface area contributed by atoms with Gasteiger partial charge in [0.05, 0.1) is 12.2 Å². The second kappa shape index (κ2) is 8.51. The van der Waals surface area contributed by atoms with Gasteiger partial charge >= 0.3 is 0 Å². The van der Waals surface area contributed by atoms with E-state index in [9.17, 15) is 0 Å². The minimum absolute atomic E-state index is 0.497. The molecule has 3 aliphatic rings. The van der Waals surface area contributed by atoms with E-state index in [-0.39, 0.29) is 0 Å². The van der Waals surface area contributed by atoms with Crippen LogP contribution < -0.4 is 0 Å². The van der Waals surface area contributed by atoms with Crippen molar-refractivity contribution in [3.8, 4) is 11.8 Å². The van der Waals surface area contributed by atoms with E-state index in [4.69, 9.17) is 4.74 Å². The highest BCUT2D eigenvalue weighted by atomic mass is 16.5. The normalized spacial score (nSPS) is 31.4. The van der Waals surface area contributed by atoms with E-state index in [0.717, 1.165) is 12.3 Å². The average Bonchev–Trinajstić information content (AvgIpc) is 2.53. The standard InChI is InChI=1S/C20H34N2O/c1-3-4-5-18-14-20(15-18)23-19-8-12-22(13-9-19)16-17-6-10-21(2)11-7-17/h17-20H,3,6-16H2,1-2H3/t18-,20-. The Kier molecular flexibility index (Phi) is 6.39. The summed E-state index contributed by atoms with van der Waals surface area (Å²) in [4.78, 5) is 5.15. The lowest BCUT2D eigenvalue weighted by Gasteiger charge is -2.40. The molecule has 2 heterocycles. The zero-order chi connectivity index (χ0) is 16.1. The van der Waals surface area contributed by atoms with Crippen LogP contribution in [0.2, 0.25) is 0 Å². The molecule has 0 amide bonds. The largest absolute Gasteiger partial charge is 0.375 e. The quantitative estimate of drug-likeness (QED) is 0.741. The molecule has 1 saturated carbocycles. The van der Waals surface area contributed by atoms with Crippen LogP contribution in [0.4, 0.5) is 0 Å². The summed E-state index contributed by atoms with van der Waals surface area (Å²) in [6, 6.07) is 0. The molecule has 0 unspecified atom stereocenters. The van der Waals surface area contributed by atoms with Gasteiger partial charge in [-0.25, -0.2) is 0 Å². The van der Waals surface area contributed by atoms with Crippen molar-refractivity contribution in [2.24, 2.45) is 11.8 Å². The highest BCUT2D eigenvalue weighted by Crippen LogP contribution is 2.32.